The highest BCUT2D eigenvalue weighted by Crippen LogP contribution is 2.25. The van der Waals surface area contributed by atoms with E-state index in [1.165, 1.54) is 11.1 Å². The van der Waals surface area contributed by atoms with Gasteiger partial charge in [0, 0.05) is 19.0 Å². The molecule has 2 rings (SSSR count). The molecule has 1 unspecified atom stereocenters. The lowest BCUT2D eigenvalue weighted by atomic mass is 9.83. The Labute approximate surface area is 103 Å². The molecule has 0 heterocycles. The van der Waals surface area contributed by atoms with E-state index in [2.05, 4.69) is 34.9 Å². The van der Waals surface area contributed by atoms with Gasteiger partial charge in [0.15, 0.2) is 0 Å². The van der Waals surface area contributed by atoms with E-state index in [0.717, 1.165) is 25.8 Å². The summed E-state index contributed by atoms with van der Waals surface area (Å²) in [5.74, 6) is 0.358. The fraction of sp³-hybridized carbons (Fsp3) is 0.500. The topological polar surface area (TPSA) is 41.1 Å². The second kappa shape index (κ2) is 5.82. The van der Waals surface area contributed by atoms with E-state index in [1.807, 2.05) is 7.05 Å². The van der Waals surface area contributed by atoms with Gasteiger partial charge in [-0.05, 0) is 37.4 Å². The van der Waals surface area contributed by atoms with Crippen molar-refractivity contribution in [2.75, 3.05) is 20.1 Å². The average Bonchev–Trinajstić information content (AvgIpc) is 2.38. The van der Waals surface area contributed by atoms with Crippen LogP contribution in [0.5, 0.6) is 0 Å². The van der Waals surface area contributed by atoms with Crippen molar-refractivity contribution < 1.29 is 4.79 Å². The van der Waals surface area contributed by atoms with Gasteiger partial charge < -0.3 is 10.6 Å². The Bertz CT molecular complexity index is 390. The van der Waals surface area contributed by atoms with Crippen molar-refractivity contribution in [3.8, 4) is 0 Å². The molecule has 0 spiro atoms. The number of fused-ring (bicyclic) bond motifs is 1. The first-order valence-corrected chi connectivity index (χ1v) is 6.30. The quantitative estimate of drug-likeness (QED) is 0.764. The molecule has 92 valence electrons. The Morgan fingerprint density at radius 1 is 1.29 bits per heavy atom. The summed E-state index contributed by atoms with van der Waals surface area (Å²) in [7, 11) is 1.89. The molecule has 0 radical (unpaired) electrons. The number of benzene rings is 1. The van der Waals surface area contributed by atoms with Crippen LogP contribution in [0.25, 0.3) is 0 Å². The van der Waals surface area contributed by atoms with Crippen molar-refractivity contribution in [2.24, 2.45) is 5.92 Å². The van der Waals surface area contributed by atoms with Gasteiger partial charge >= 0.3 is 0 Å². The summed E-state index contributed by atoms with van der Waals surface area (Å²) in [6.07, 6.45) is 2.89. The fourth-order valence-electron chi connectivity index (χ4n) is 2.38. The molecule has 1 aromatic carbocycles. The Hall–Kier alpha value is -1.35. The van der Waals surface area contributed by atoms with E-state index < -0.39 is 0 Å². The second-order valence-electron chi connectivity index (χ2n) is 4.60. The number of rotatable bonds is 4. The van der Waals surface area contributed by atoms with Crippen LogP contribution in [0, 0.1) is 5.92 Å². The third kappa shape index (κ3) is 3.07. The van der Waals surface area contributed by atoms with Gasteiger partial charge in [-0.15, -0.1) is 0 Å². The minimum Gasteiger partial charge on any atom is -0.355 e. The number of carbonyl (C=O) groups excluding carboxylic acids is 1. The first-order valence-electron chi connectivity index (χ1n) is 6.30. The van der Waals surface area contributed by atoms with Crippen LogP contribution in [0.1, 0.15) is 17.5 Å². The van der Waals surface area contributed by atoms with Gasteiger partial charge in [0.1, 0.15) is 0 Å². The van der Waals surface area contributed by atoms with Crippen molar-refractivity contribution in [1.82, 2.24) is 10.6 Å². The van der Waals surface area contributed by atoms with Gasteiger partial charge in [-0.2, -0.15) is 0 Å². The monoisotopic (exact) mass is 232 g/mol. The highest BCUT2D eigenvalue weighted by atomic mass is 16.1. The van der Waals surface area contributed by atoms with Gasteiger partial charge in [-0.1, -0.05) is 24.3 Å². The van der Waals surface area contributed by atoms with E-state index in [0.29, 0.717) is 6.54 Å². The summed E-state index contributed by atoms with van der Waals surface area (Å²) in [6.45, 7) is 1.54. The SMILES string of the molecule is CNCCNC(=O)C1CCc2ccccc2C1. The van der Waals surface area contributed by atoms with Crippen LogP contribution in [0.3, 0.4) is 0 Å². The molecule has 0 saturated carbocycles. The summed E-state index contributed by atoms with van der Waals surface area (Å²) in [5.41, 5.74) is 2.75. The van der Waals surface area contributed by atoms with Gasteiger partial charge in [0.2, 0.25) is 5.91 Å². The minimum atomic E-state index is 0.154. The second-order valence-corrected chi connectivity index (χ2v) is 4.60. The summed E-state index contributed by atoms with van der Waals surface area (Å²) >= 11 is 0. The summed E-state index contributed by atoms with van der Waals surface area (Å²) in [5, 5.41) is 6.01. The van der Waals surface area contributed by atoms with Crippen LogP contribution in [-0.2, 0) is 17.6 Å². The predicted octanol–water partition coefficient (Wildman–Crippen LogP) is 1.13. The van der Waals surface area contributed by atoms with E-state index in [4.69, 9.17) is 0 Å². The van der Waals surface area contributed by atoms with Crippen LogP contribution in [0.2, 0.25) is 0 Å². The molecule has 0 aromatic heterocycles. The molecule has 0 aliphatic heterocycles. The molecule has 0 bridgehead atoms. The molecular weight excluding hydrogens is 212 g/mol. The number of hydrogen-bond acceptors (Lipinski definition) is 2. The Morgan fingerprint density at radius 2 is 2.06 bits per heavy atom. The molecule has 3 heteroatoms. The van der Waals surface area contributed by atoms with Crippen LogP contribution >= 0.6 is 0 Å². The molecule has 1 aliphatic rings. The molecule has 0 saturated heterocycles. The zero-order valence-corrected chi connectivity index (χ0v) is 10.3. The van der Waals surface area contributed by atoms with Crippen molar-refractivity contribution in [3.05, 3.63) is 35.4 Å². The van der Waals surface area contributed by atoms with E-state index in [-0.39, 0.29) is 11.8 Å². The Morgan fingerprint density at radius 3 is 2.82 bits per heavy atom. The minimum absolute atomic E-state index is 0.154. The maximum absolute atomic E-state index is 11.9. The molecule has 3 nitrogen and oxygen atoms in total. The number of aryl methyl sites for hydroxylation is 1. The zero-order chi connectivity index (χ0) is 12.1. The largest absolute Gasteiger partial charge is 0.355 e. The van der Waals surface area contributed by atoms with E-state index in [1.54, 1.807) is 0 Å². The van der Waals surface area contributed by atoms with Crippen molar-refractivity contribution in [1.29, 1.82) is 0 Å². The molecule has 17 heavy (non-hydrogen) atoms. The first kappa shape index (κ1) is 12.1. The number of amides is 1. The lowest BCUT2D eigenvalue weighted by Crippen LogP contribution is -2.37. The van der Waals surface area contributed by atoms with Crippen LogP contribution in [0.4, 0.5) is 0 Å². The summed E-state index contributed by atoms with van der Waals surface area (Å²) in [4.78, 5) is 11.9. The fourth-order valence-corrected chi connectivity index (χ4v) is 2.38. The van der Waals surface area contributed by atoms with E-state index in [9.17, 15) is 4.79 Å². The highest BCUT2D eigenvalue weighted by molar-refractivity contribution is 5.79. The lowest BCUT2D eigenvalue weighted by Gasteiger charge is -2.23. The molecule has 1 aliphatic carbocycles. The maximum Gasteiger partial charge on any atom is 0.223 e. The van der Waals surface area contributed by atoms with E-state index >= 15 is 0 Å². The van der Waals surface area contributed by atoms with Crippen LogP contribution < -0.4 is 10.6 Å². The van der Waals surface area contributed by atoms with Crippen molar-refractivity contribution in [2.45, 2.75) is 19.3 Å². The lowest BCUT2D eigenvalue weighted by molar-refractivity contribution is -0.125. The molecule has 2 N–H and O–H groups in total. The highest BCUT2D eigenvalue weighted by Gasteiger charge is 2.23. The normalized spacial score (nSPS) is 18.5. The van der Waals surface area contributed by atoms with Gasteiger partial charge in [-0.25, -0.2) is 0 Å². The molecule has 1 atom stereocenters. The standard InChI is InChI=1S/C14H20N2O/c1-15-8-9-16-14(17)13-7-6-11-4-2-3-5-12(11)10-13/h2-5,13,15H,6-10H2,1H3,(H,16,17). The number of carbonyl (C=O) groups is 1. The van der Waals surface area contributed by atoms with Crippen LogP contribution in [-0.4, -0.2) is 26.0 Å². The summed E-state index contributed by atoms with van der Waals surface area (Å²) in [6, 6.07) is 8.44. The first-order chi connectivity index (χ1) is 8.31. The molecule has 0 fully saturated rings. The van der Waals surface area contributed by atoms with Crippen LogP contribution in [0.15, 0.2) is 24.3 Å². The average molecular weight is 232 g/mol. The Kier molecular flexibility index (Phi) is 4.15. The third-order valence-electron chi connectivity index (χ3n) is 3.39. The zero-order valence-electron chi connectivity index (χ0n) is 10.3. The predicted molar refractivity (Wildman–Crippen MR) is 68.9 cm³/mol. The molecule has 1 amide bonds. The summed E-state index contributed by atoms with van der Waals surface area (Å²) < 4.78 is 0. The van der Waals surface area contributed by atoms with Crippen molar-refractivity contribution >= 4 is 5.91 Å². The Balaban J connectivity index is 1.91. The van der Waals surface area contributed by atoms with Gasteiger partial charge in [0.05, 0.1) is 0 Å². The molecule has 1 aromatic rings. The number of likely N-dealkylation sites (N-methyl/N-ethyl adjacent to an activating group) is 1. The third-order valence-corrected chi connectivity index (χ3v) is 3.39. The maximum atomic E-state index is 11.9. The van der Waals surface area contributed by atoms with Gasteiger partial charge in [0.25, 0.3) is 0 Å². The van der Waals surface area contributed by atoms with Crippen molar-refractivity contribution in [3.63, 3.8) is 0 Å². The number of hydrogen-bond donors (Lipinski definition) is 2. The molecular formula is C14H20N2O. The number of nitrogens with one attached hydrogen (secondary N) is 2. The smallest absolute Gasteiger partial charge is 0.223 e. The van der Waals surface area contributed by atoms with Gasteiger partial charge in [-0.3, -0.25) is 4.79 Å².